The smallest absolute Gasteiger partial charge is 0.250 e. The normalized spacial score (nSPS) is 10.5. The molecule has 4 nitrogen and oxygen atoms in total. The van der Waals surface area contributed by atoms with Crippen molar-refractivity contribution < 1.29 is 0 Å². The molecular formula is C14H11N4. The Balaban J connectivity index is 2.04. The lowest BCUT2D eigenvalue weighted by atomic mass is 10.3. The molecule has 0 bridgehead atoms. The fourth-order valence-corrected chi connectivity index (χ4v) is 1.73. The van der Waals surface area contributed by atoms with E-state index >= 15 is 0 Å². The van der Waals surface area contributed by atoms with E-state index in [4.69, 9.17) is 0 Å². The topological polar surface area (TPSA) is 41.9 Å². The van der Waals surface area contributed by atoms with Crippen LogP contribution < -0.4 is 4.90 Å². The van der Waals surface area contributed by atoms with Gasteiger partial charge in [0.25, 0.3) is 0 Å². The Morgan fingerprint density at radius 3 is 2.44 bits per heavy atom. The predicted molar refractivity (Wildman–Crippen MR) is 70.7 cm³/mol. The van der Waals surface area contributed by atoms with Crippen LogP contribution in [0.1, 0.15) is 0 Å². The molecule has 0 saturated heterocycles. The zero-order valence-electron chi connectivity index (χ0n) is 9.91. The van der Waals surface area contributed by atoms with Crippen molar-refractivity contribution in [2.24, 2.45) is 0 Å². The van der Waals surface area contributed by atoms with Gasteiger partial charge in [-0.05, 0) is 30.3 Å². The summed E-state index contributed by atoms with van der Waals surface area (Å²) in [6.45, 7) is 0. The molecule has 0 aliphatic heterocycles. The van der Waals surface area contributed by atoms with Gasteiger partial charge in [-0.25, -0.2) is 4.98 Å². The third-order valence-corrected chi connectivity index (χ3v) is 2.74. The van der Waals surface area contributed by atoms with E-state index in [1.54, 1.807) is 0 Å². The number of anilines is 2. The molecule has 0 fully saturated rings. The molecule has 1 heterocycles. The van der Waals surface area contributed by atoms with Gasteiger partial charge >= 0.3 is 0 Å². The molecule has 3 aromatic rings. The molecule has 0 amide bonds. The number of aromatic nitrogens is 3. The van der Waals surface area contributed by atoms with Gasteiger partial charge in [-0.1, -0.05) is 24.3 Å². The van der Waals surface area contributed by atoms with Crippen LogP contribution in [-0.2, 0) is 0 Å². The first-order valence-corrected chi connectivity index (χ1v) is 5.64. The molecule has 4 heteroatoms. The molecular weight excluding hydrogens is 224 g/mol. The summed E-state index contributed by atoms with van der Waals surface area (Å²) in [5.74, 6) is 0.583. The molecule has 0 spiro atoms. The van der Waals surface area contributed by atoms with Crippen LogP contribution in [0, 0.1) is 6.07 Å². The molecule has 1 aromatic heterocycles. The van der Waals surface area contributed by atoms with Crippen molar-refractivity contribution in [3.05, 3.63) is 54.6 Å². The fraction of sp³-hybridized carbons (Fsp3) is 0.0714. The monoisotopic (exact) mass is 235 g/mol. The summed E-state index contributed by atoms with van der Waals surface area (Å²) in [5.41, 5.74) is 2.65. The maximum Gasteiger partial charge on any atom is 0.250 e. The Morgan fingerprint density at radius 2 is 1.67 bits per heavy atom. The predicted octanol–water partition coefficient (Wildman–Crippen LogP) is 2.59. The van der Waals surface area contributed by atoms with Gasteiger partial charge in [-0.2, -0.15) is 0 Å². The minimum Gasteiger partial charge on any atom is -0.312 e. The molecule has 0 aliphatic rings. The van der Waals surface area contributed by atoms with E-state index < -0.39 is 0 Å². The van der Waals surface area contributed by atoms with Crippen LogP contribution in [0.4, 0.5) is 11.6 Å². The van der Waals surface area contributed by atoms with Gasteiger partial charge in [-0.15, -0.1) is 10.2 Å². The van der Waals surface area contributed by atoms with Gasteiger partial charge in [0.15, 0.2) is 0 Å². The van der Waals surface area contributed by atoms with Gasteiger partial charge in [0.05, 0.1) is 5.52 Å². The van der Waals surface area contributed by atoms with E-state index in [0.717, 1.165) is 16.7 Å². The summed E-state index contributed by atoms with van der Waals surface area (Å²) in [6, 6.07) is 18.3. The van der Waals surface area contributed by atoms with Gasteiger partial charge in [-0.3, -0.25) is 0 Å². The number of nitrogens with zero attached hydrogens (tertiary/aromatic N) is 4. The maximum absolute atomic E-state index is 4.49. The average molecular weight is 235 g/mol. The number of rotatable bonds is 2. The van der Waals surface area contributed by atoms with Crippen LogP contribution >= 0.6 is 0 Å². The Labute approximate surface area is 105 Å². The molecule has 18 heavy (non-hydrogen) atoms. The van der Waals surface area contributed by atoms with E-state index in [1.165, 1.54) is 0 Å². The molecule has 0 aliphatic carbocycles. The highest BCUT2D eigenvalue weighted by Crippen LogP contribution is 2.19. The lowest BCUT2D eigenvalue weighted by molar-refractivity contribution is 0.967. The highest BCUT2D eigenvalue weighted by molar-refractivity contribution is 5.74. The Hall–Kier alpha value is -2.49. The van der Waals surface area contributed by atoms with Crippen LogP contribution in [0.3, 0.4) is 0 Å². The second kappa shape index (κ2) is 4.41. The van der Waals surface area contributed by atoms with Crippen LogP contribution in [0.15, 0.2) is 48.5 Å². The fourth-order valence-electron chi connectivity index (χ4n) is 1.73. The highest BCUT2D eigenvalue weighted by atomic mass is 15.3. The molecule has 2 aromatic carbocycles. The third kappa shape index (κ3) is 1.88. The molecule has 0 unspecified atom stereocenters. The van der Waals surface area contributed by atoms with E-state index in [-0.39, 0.29) is 0 Å². The first-order chi connectivity index (χ1) is 8.84. The second-order valence-electron chi connectivity index (χ2n) is 3.92. The first kappa shape index (κ1) is 10.7. The van der Waals surface area contributed by atoms with E-state index in [0.29, 0.717) is 5.95 Å². The summed E-state index contributed by atoms with van der Waals surface area (Å²) in [6.07, 6.45) is 0. The minimum absolute atomic E-state index is 0.583. The minimum atomic E-state index is 0.583. The van der Waals surface area contributed by atoms with Crippen molar-refractivity contribution in [1.82, 2.24) is 15.2 Å². The van der Waals surface area contributed by atoms with Crippen molar-refractivity contribution in [2.45, 2.75) is 0 Å². The SMILES string of the molecule is CN(c1cc[c]cc1)c1nnc2ccccc2n1. The Morgan fingerprint density at radius 1 is 0.944 bits per heavy atom. The van der Waals surface area contributed by atoms with Crippen molar-refractivity contribution in [3.63, 3.8) is 0 Å². The van der Waals surface area contributed by atoms with Crippen LogP contribution in [0.2, 0.25) is 0 Å². The number of hydrogen-bond donors (Lipinski definition) is 0. The van der Waals surface area contributed by atoms with Gasteiger partial charge in [0.2, 0.25) is 5.95 Å². The molecule has 1 radical (unpaired) electrons. The Kier molecular flexibility index (Phi) is 2.61. The summed E-state index contributed by atoms with van der Waals surface area (Å²) < 4.78 is 0. The second-order valence-corrected chi connectivity index (χ2v) is 3.92. The molecule has 87 valence electrons. The summed E-state index contributed by atoms with van der Waals surface area (Å²) in [7, 11) is 1.92. The number of benzene rings is 2. The largest absolute Gasteiger partial charge is 0.312 e. The molecule has 3 rings (SSSR count). The van der Waals surface area contributed by atoms with Crippen LogP contribution in [0.25, 0.3) is 11.0 Å². The molecule has 0 N–H and O–H groups in total. The average Bonchev–Trinajstić information content (AvgIpc) is 2.47. The van der Waals surface area contributed by atoms with E-state index in [1.807, 2.05) is 60.5 Å². The summed E-state index contributed by atoms with van der Waals surface area (Å²) >= 11 is 0. The molecule has 0 saturated carbocycles. The standard InChI is InChI=1S/C14H11N4/c1-18(11-7-3-2-4-8-11)14-15-12-9-5-6-10-13(12)16-17-14/h3-10H,1H3. The zero-order chi connectivity index (χ0) is 12.4. The van der Waals surface area contributed by atoms with Crippen LogP contribution in [-0.4, -0.2) is 22.2 Å². The van der Waals surface area contributed by atoms with E-state index in [2.05, 4.69) is 21.2 Å². The highest BCUT2D eigenvalue weighted by Gasteiger charge is 2.08. The Bertz CT molecular complexity index is 667. The lowest BCUT2D eigenvalue weighted by Gasteiger charge is -2.16. The van der Waals surface area contributed by atoms with E-state index in [9.17, 15) is 0 Å². The van der Waals surface area contributed by atoms with Gasteiger partial charge in [0, 0.05) is 12.7 Å². The zero-order valence-corrected chi connectivity index (χ0v) is 9.91. The maximum atomic E-state index is 4.49. The first-order valence-electron chi connectivity index (χ1n) is 5.64. The molecule has 0 atom stereocenters. The van der Waals surface area contributed by atoms with Gasteiger partial charge < -0.3 is 4.90 Å². The number of fused-ring (bicyclic) bond motifs is 1. The quantitative estimate of drug-likeness (QED) is 0.684. The van der Waals surface area contributed by atoms with Gasteiger partial charge in [0.1, 0.15) is 5.52 Å². The lowest BCUT2D eigenvalue weighted by Crippen LogP contribution is -2.13. The summed E-state index contributed by atoms with van der Waals surface area (Å²) in [5, 5.41) is 8.30. The van der Waals surface area contributed by atoms with Crippen LogP contribution in [0.5, 0.6) is 0 Å². The van der Waals surface area contributed by atoms with Crippen molar-refractivity contribution >= 4 is 22.7 Å². The number of para-hydroxylation sites is 1. The van der Waals surface area contributed by atoms with Crippen molar-refractivity contribution in [1.29, 1.82) is 0 Å². The summed E-state index contributed by atoms with van der Waals surface area (Å²) in [4.78, 5) is 6.39. The number of hydrogen-bond acceptors (Lipinski definition) is 4. The van der Waals surface area contributed by atoms with Crippen molar-refractivity contribution in [3.8, 4) is 0 Å². The van der Waals surface area contributed by atoms with Crippen molar-refractivity contribution in [2.75, 3.05) is 11.9 Å². The third-order valence-electron chi connectivity index (χ3n) is 2.74.